The van der Waals surface area contributed by atoms with E-state index in [4.69, 9.17) is 0 Å². The Kier molecular flexibility index (Phi) is 5.49. The first-order valence-corrected chi connectivity index (χ1v) is 7.70. The zero-order valence-corrected chi connectivity index (χ0v) is 13.9. The van der Waals surface area contributed by atoms with Crippen LogP contribution in [0.2, 0.25) is 0 Å². The van der Waals surface area contributed by atoms with E-state index in [1.807, 2.05) is 27.7 Å². The smallest absolute Gasteiger partial charge is 0.151 e. The number of halogens is 2. The molecule has 1 heterocycles. The number of aromatic nitrogens is 2. The van der Waals surface area contributed by atoms with Crippen molar-refractivity contribution in [3.8, 4) is 5.69 Å². The van der Waals surface area contributed by atoms with Crippen LogP contribution >= 0.6 is 0 Å². The number of nitrogens with one attached hydrogen (secondary N) is 1. The SMILES string of the molecule is Cc1nn(-c2ccc(F)cc2F)c(C)c1CNC(C)C(C)CO. The maximum Gasteiger partial charge on any atom is 0.151 e. The molecule has 0 radical (unpaired) electrons. The summed E-state index contributed by atoms with van der Waals surface area (Å²) in [6.45, 7) is 8.39. The standard InChI is InChI=1S/C17H23F2N3O/c1-10(9-23)11(2)20-8-15-12(3)21-22(13(15)4)17-6-5-14(18)7-16(17)19/h5-7,10-11,20,23H,8-9H2,1-4H3. The summed E-state index contributed by atoms with van der Waals surface area (Å²) in [5.74, 6) is -1.11. The third-order valence-electron chi connectivity index (χ3n) is 4.32. The van der Waals surface area contributed by atoms with Crippen molar-refractivity contribution in [2.45, 2.75) is 40.3 Å². The second-order valence-electron chi connectivity index (χ2n) is 5.99. The summed E-state index contributed by atoms with van der Waals surface area (Å²) in [4.78, 5) is 0. The molecule has 1 aromatic heterocycles. The number of aliphatic hydroxyl groups excluding tert-OH is 1. The highest BCUT2D eigenvalue weighted by molar-refractivity contribution is 5.38. The van der Waals surface area contributed by atoms with Gasteiger partial charge in [-0.05, 0) is 38.8 Å². The molecule has 2 N–H and O–H groups in total. The molecular weight excluding hydrogens is 300 g/mol. The van der Waals surface area contributed by atoms with Gasteiger partial charge in [0.05, 0.1) is 5.69 Å². The van der Waals surface area contributed by atoms with Crippen molar-refractivity contribution in [3.05, 3.63) is 46.8 Å². The Morgan fingerprint density at radius 3 is 2.57 bits per heavy atom. The summed E-state index contributed by atoms with van der Waals surface area (Å²) in [5, 5.41) is 16.9. The summed E-state index contributed by atoms with van der Waals surface area (Å²) < 4.78 is 28.5. The molecule has 23 heavy (non-hydrogen) atoms. The number of nitrogens with zero attached hydrogens (tertiary/aromatic N) is 2. The lowest BCUT2D eigenvalue weighted by atomic mass is 10.0. The average molecular weight is 323 g/mol. The lowest BCUT2D eigenvalue weighted by Gasteiger charge is -2.19. The summed E-state index contributed by atoms with van der Waals surface area (Å²) in [7, 11) is 0. The summed E-state index contributed by atoms with van der Waals surface area (Å²) >= 11 is 0. The molecule has 2 aromatic rings. The van der Waals surface area contributed by atoms with E-state index in [1.165, 1.54) is 16.8 Å². The maximum atomic E-state index is 14.0. The molecule has 4 nitrogen and oxygen atoms in total. The van der Waals surface area contributed by atoms with Crippen LogP contribution in [0.4, 0.5) is 8.78 Å². The van der Waals surface area contributed by atoms with Gasteiger partial charge in [0.2, 0.25) is 0 Å². The van der Waals surface area contributed by atoms with Crippen LogP contribution in [-0.4, -0.2) is 27.5 Å². The van der Waals surface area contributed by atoms with Gasteiger partial charge in [0.15, 0.2) is 5.82 Å². The van der Waals surface area contributed by atoms with E-state index in [9.17, 15) is 13.9 Å². The average Bonchev–Trinajstić information content (AvgIpc) is 2.78. The summed E-state index contributed by atoms with van der Waals surface area (Å²) in [5.41, 5.74) is 2.81. The van der Waals surface area contributed by atoms with Gasteiger partial charge in [-0.25, -0.2) is 13.5 Å². The molecule has 2 rings (SSSR count). The van der Waals surface area contributed by atoms with Crippen LogP contribution in [0, 0.1) is 31.4 Å². The molecule has 1 aromatic carbocycles. The van der Waals surface area contributed by atoms with Crippen LogP contribution in [0.1, 0.15) is 30.8 Å². The molecule has 0 aliphatic heterocycles. The first-order chi connectivity index (χ1) is 10.8. The van der Waals surface area contributed by atoms with Crippen LogP contribution in [0.25, 0.3) is 5.69 Å². The van der Waals surface area contributed by atoms with Crippen molar-refractivity contribution in [2.24, 2.45) is 5.92 Å². The molecule has 126 valence electrons. The van der Waals surface area contributed by atoms with Gasteiger partial charge >= 0.3 is 0 Å². The van der Waals surface area contributed by atoms with Crippen molar-refractivity contribution < 1.29 is 13.9 Å². The molecule has 0 bridgehead atoms. The highest BCUT2D eigenvalue weighted by atomic mass is 19.1. The number of hydrogen-bond donors (Lipinski definition) is 2. The Morgan fingerprint density at radius 2 is 1.96 bits per heavy atom. The van der Waals surface area contributed by atoms with Crippen LogP contribution in [-0.2, 0) is 6.54 Å². The van der Waals surface area contributed by atoms with Crippen molar-refractivity contribution in [2.75, 3.05) is 6.61 Å². The van der Waals surface area contributed by atoms with Crippen molar-refractivity contribution in [1.29, 1.82) is 0 Å². The number of aliphatic hydroxyl groups is 1. The van der Waals surface area contributed by atoms with Crippen molar-refractivity contribution in [3.63, 3.8) is 0 Å². The minimum atomic E-state index is -0.641. The quantitative estimate of drug-likeness (QED) is 0.859. The Balaban J connectivity index is 2.26. The monoisotopic (exact) mass is 323 g/mol. The van der Waals surface area contributed by atoms with E-state index in [0.717, 1.165) is 23.0 Å². The number of rotatable bonds is 6. The summed E-state index contributed by atoms with van der Waals surface area (Å²) in [6, 6.07) is 3.61. The molecule has 6 heteroatoms. The summed E-state index contributed by atoms with van der Waals surface area (Å²) in [6.07, 6.45) is 0. The highest BCUT2D eigenvalue weighted by Gasteiger charge is 2.17. The molecule has 0 fully saturated rings. The van der Waals surface area contributed by atoms with E-state index in [0.29, 0.717) is 6.54 Å². The Labute approximate surface area is 135 Å². The van der Waals surface area contributed by atoms with E-state index in [-0.39, 0.29) is 24.3 Å². The molecule has 0 spiro atoms. The molecule has 0 saturated carbocycles. The highest BCUT2D eigenvalue weighted by Crippen LogP contribution is 2.21. The zero-order chi connectivity index (χ0) is 17.1. The van der Waals surface area contributed by atoms with Gasteiger partial charge in [-0.2, -0.15) is 5.10 Å². The first kappa shape index (κ1) is 17.6. The third kappa shape index (κ3) is 3.76. The normalized spacial score (nSPS) is 14.0. The van der Waals surface area contributed by atoms with Gasteiger partial charge in [-0.3, -0.25) is 0 Å². The fourth-order valence-corrected chi connectivity index (χ4v) is 2.44. The maximum absolute atomic E-state index is 14.0. The molecule has 0 aliphatic rings. The molecule has 0 aliphatic carbocycles. The van der Waals surface area contributed by atoms with Gasteiger partial charge < -0.3 is 10.4 Å². The van der Waals surface area contributed by atoms with Crippen molar-refractivity contribution >= 4 is 0 Å². The Morgan fingerprint density at radius 1 is 1.26 bits per heavy atom. The molecule has 2 unspecified atom stereocenters. The van der Waals surface area contributed by atoms with E-state index in [2.05, 4.69) is 10.4 Å². The Bertz CT molecular complexity index is 685. The largest absolute Gasteiger partial charge is 0.396 e. The minimum absolute atomic E-state index is 0.117. The third-order valence-corrected chi connectivity index (χ3v) is 4.32. The topological polar surface area (TPSA) is 50.1 Å². The zero-order valence-electron chi connectivity index (χ0n) is 13.9. The molecule has 0 saturated heterocycles. The fourth-order valence-electron chi connectivity index (χ4n) is 2.44. The van der Waals surface area contributed by atoms with Gasteiger partial charge in [0.25, 0.3) is 0 Å². The van der Waals surface area contributed by atoms with Gasteiger partial charge in [0.1, 0.15) is 11.5 Å². The predicted octanol–water partition coefficient (Wildman–Crippen LogP) is 2.87. The van der Waals surface area contributed by atoms with Crippen molar-refractivity contribution in [1.82, 2.24) is 15.1 Å². The lowest BCUT2D eigenvalue weighted by Crippen LogP contribution is -2.33. The van der Waals surface area contributed by atoms with Crippen LogP contribution in [0.5, 0.6) is 0 Å². The van der Waals surface area contributed by atoms with E-state index in [1.54, 1.807) is 0 Å². The second kappa shape index (κ2) is 7.19. The molecule has 0 amide bonds. The molecule has 2 atom stereocenters. The van der Waals surface area contributed by atoms with Crippen LogP contribution in [0.15, 0.2) is 18.2 Å². The van der Waals surface area contributed by atoms with E-state index < -0.39 is 11.6 Å². The number of hydrogen-bond acceptors (Lipinski definition) is 3. The predicted molar refractivity (Wildman–Crippen MR) is 85.5 cm³/mol. The van der Waals surface area contributed by atoms with Crippen LogP contribution < -0.4 is 5.32 Å². The Hall–Kier alpha value is -1.79. The first-order valence-electron chi connectivity index (χ1n) is 7.70. The van der Waals surface area contributed by atoms with Gasteiger partial charge in [-0.15, -0.1) is 0 Å². The van der Waals surface area contributed by atoms with Gasteiger partial charge in [0, 0.05) is 36.5 Å². The number of aryl methyl sites for hydroxylation is 1. The van der Waals surface area contributed by atoms with E-state index >= 15 is 0 Å². The molecular formula is C17H23F2N3O. The van der Waals surface area contributed by atoms with Crippen LogP contribution in [0.3, 0.4) is 0 Å². The van der Waals surface area contributed by atoms with Gasteiger partial charge in [-0.1, -0.05) is 6.92 Å². The second-order valence-corrected chi connectivity index (χ2v) is 5.99. The number of benzene rings is 1. The lowest BCUT2D eigenvalue weighted by molar-refractivity contribution is 0.207. The fraction of sp³-hybridized carbons (Fsp3) is 0.471. The minimum Gasteiger partial charge on any atom is -0.396 e.